The van der Waals surface area contributed by atoms with Gasteiger partial charge in [-0.05, 0) is 0 Å². The molecule has 0 unspecified atom stereocenters. The van der Waals surface area contributed by atoms with Gasteiger partial charge < -0.3 is 21.9 Å². The van der Waals surface area contributed by atoms with Crippen LogP contribution in [0.3, 0.4) is 0 Å². The average molecular weight is 411 g/mol. The van der Waals surface area contributed by atoms with Crippen molar-refractivity contribution in [3.63, 3.8) is 0 Å². The second-order valence-electron chi connectivity index (χ2n) is 0. The molecule has 0 heterocycles. The smallest absolute Gasteiger partial charge is 2.00 e. The first kappa shape index (κ1) is 106. The molecule has 0 atom stereocenters. The molecular formula is ErInO4Zn. The summed E-state index contributed by atoms with van der Waals surface area (Å²) in [6.07, 6.45) is 0. The molecule has 0 aliphatic heterocycles. The van der Waals surface area contributed by atoms with Crippen molar-refractivity contribution < 1.29 is 78.7 Å². The maximum atomic E-state index is 0. The topological polar surface area (TPSA) is 114 Å². The van der Waals surface area contributed by atoms with Crippen molar-refractivity contribution in [2.24, 2.45) is 0 Å². The van der Waals surface area contributed by atoms with E-state index in [4.69, 9.17) is 0 Å². The van der Waals surface area contributed by atoms with Gasteiger partial charge in [0, 0.05) is 0 Å². The van der Waals surface area contributed by atoms with Crippen molar-refractivity contribution >= 4 is 25.8 Å². The zero-order valence-electron chi connectivity index (χ0n) is 3.21. The molecule has 4 nitrogen and oxygen atoms in total. The molecule has 0 aromatic rings. The van der Waals surface area contributed by atoms with Crippen LogP contribution in [0, 0.1) is 37.3 Å². The van der Waals surface area contributed by atoms with Crippen LogP contribution >= 0.6 is 0 Å². The Morgan fingerprint density at radius 1 is 0.571 bits per heavy atom. The minimum absolute atomic E-state index is 0. The Balaban J connectivity index is 0. The zero-order valence-corrected chi connectivity index (χ0v) is 11.3. The van der Waals surface area contributed by atoms with Crippen molar-refractivity contribution in [1.82, 2.24) is 0 Å². The van der Waals surface area contributed by atoms with E-state index in [1.165, 1.54) is 0 Å². The molecule has 1 radical (unpaired) electrons. The fourth-order valence-electron chi connectivity index (χ4n) is 0. The Morgan fingerprint density at radius 2 is 0.571 bits per heavy atom. The first-order chi connectivity index (χ1) is 0. The van der Waals surface area contributed by atoms with Gasteiger partial charge in [0.25, 0.3) is 0 Å². The van der Waals surface area contributed by atoms with Gasteiger partial charge in [0.1, 0.15) is 0 Å². The van der Waals surface area contributed by atoms with E-state index in [9.17, 15) is 0 Å². The molecule has 0 fully saturated rings. The SMILES string of the molecule is [Er+3].[In+3].[O-2].[O-2].[O-2].[O-2].[Zn+2]. The third-order valence-corrected chi connectivity index (χ3v) is 0. The molecule has 0 saturated carbocycles. The van der Waals surface area contributed by atoms with Crippen LogP contribution in [0.25, 0.3) is 0 Å². The van der Waals surface area contributed by atoms with Gasteiger partial charge in [-0.1, -0.05) is 0 Å². The molecule has 0 N–H and O–H groups in total. The van der Waals surface area contributed by atoms with Crippen LogP contribution in [0.5, 0.6) is 0 Å². The molecule has 0 spiro atoms. The van der Waals surface area contributed by atoms with Gasteiger partial charge in [0.05, 0.1) is 0 Å². The van der Waals surface area contributed by atoms with Crippen molar-refractivity contribution in [2.45, 2.75) is 0 Å². The van der Waals surface area contributed by atoms with Crippen LogP contribution in [0.2, 0.25) is 0 Å². The summed E-state index contributed by atoms with van der Waals surface area (Å²) in [6.45, 7) is 0. The van der Waals surface area contributed by atoms with Crippen molar-refractivity contribution in [3.8, 4) is 0 Å². The Kier molecular flexibility index (Phi) is 1120. The fourth-order valence-corrected chi connectivity index (χ4v) is 0. The van der Waals surface area contributed by atoms with Crippen LogP contribution in [0.15, 0.2) is 0 Å². The Bertz CT molecular complexity index is 11.7. The van der Waals surface area contributed by atoms with E-state index in [-0.39, 0.29) is 105 Å². The molecule has 41 valence electrons. The number of hydrogen-bond donors (Lipinski definition) is 0. The standard InChI is InChI=1S/Er.In.4O.Zn/q2*+3;4*-2;+2. The van der Waals surface area contributed by atoms with E-state index >= 15 is 0 Å². The van der Waals surface area contributed by atoms with Crippen molar-refractivity contribution in [1.29, 1.82) is 0 Å². The van der Waals surface area contributed by atoms with E-state index in [0.29, 0.717) is 0 Å². The molecule has 7 heavy (non-hydrogen) atoms. The molecular weight excluding hydrogens is 411 g/mol. The monoisotopic (exact) mass is 409 g/mol. The fraction of sp³-hybridized carbons (Fsp3) is 0. The summed E-state index contributed by atoms with van der Waals surface area (Å²) in [5, 5.41) is 0. The van der Waals surface area contributed by atoms with Crippen LogP contribution in [0.1, 0.15) is 0 Å². The quantitative estimate of drug-likeness (QED) is 0.462. The van der Waals surface area contributed by atoms with E-state index in [2.05, 4.69) is 0 Å². The van der Waals surface area contributed by atoms with Crippen molar-refractivity contribution in [2.75, 3.05) is 0 Å². The van der Waals surface area contributed by atoms with Gasteiger partial charge in [-0.2, -0.15) is 0 Å². The summed E-state index contributed by atoms with van der Waals surface area (Å²) >= 11 is 0. The molecule has 0 aromatic heterocycles. The average Bonchev–Trinajstić information content (AvgIpc) is 0. The van der Waals surface area contributed by atoms with Crippen LogP contribution < -0.4 is 0 Å². The van der Waals surface area contributed by atoms with E-state index in [1.807, 2.05) is 0 Å². The minimum atomic E-state index is 0. The van der Waals surface area contributed by atoms with Crippen molar-refractivity contribution in [3.05, 3.63) is 0 Å². The van der Waals surface area contributed by atoms with Gasteiger partial charge in [-0.25, -0.2) is 0 Å². The predicted octanol–water partition coefficient (Wildman–Crippen LogP) is -0.859. The second-order valence-corrected chi connectivity index (χ2v) is 0. The van der Waals surface area contributed by atoms with Crippen LogP contribution in [0.4, 0.5) is 0 Å². The molecule has 0 aliphatic rings. The summed E-state index contributed by atoms with van der Waals surface area (Å²) in [5.74, 6) is 0. The van der Waals surface area contributed by atoms with Gasteiger partial charge in [0.15, 0.2) is 0 Å². The second kappa shape index (κ2) is 74.1. The number of rotatable bonds is 0. The minimum Gasteiger partial charge on any atom is -2.00 e. The summed E-state index contributed by atoms with van der Waals surface area (Å²) in [7, 11) is 0. The van der Waals surface area contributed by atoms with Gasteiger partial charge in [0.2, 0.25) is 0 Å². The molecule has 0 rings (SSSR count). The first-order valence-electron chi connectivity index (χ1n) is 0. The Morgan fingerprint density at radius 3 is 0.571 bits per heavy atom. The molecule has 0 aromatic carbocycles. The summed E-state index contributed by atoms with van der Waals surface area (Å²) in [6, 6.07) is 0. The largest absolute Gasteiger partial charge is 3.00 e. The third kappa shape index (κ3) is 55.8. The molecule has 0 aliphatic carbocycles. The normalized spacial score (nSPS) is 0. The Hall–Kier alpha value is 2.58. The molecule has 0 amide bonds. The Labute approximate surface area is 103 Å². The predicted molar refractivity (Wildman–Crippen MR) is 8.50 cm³/mol. The number of hydrogen-bond acceptors (Lipinski definition) is 0. The third-order valence-electron chi connectivity index (χ3n) is 0. The molecule has 0 bridgehead atoms. The van der Waals surface area contributed by atoms with Crippen LogP contribution in [-0.4, -0.2) is 25.8 Å². The first-order valence-corrected chi connectivity index (χ1v) is 0. The molecule has 0 saturated heterocycles. The van der Waals surface area contributed by atoms with Crippen LogP contribution in [-0.2, 0) is 41.4 Å². The van der Waals surface area contributed by atoms with E-state index < -0.39 is 0 Å². The summed E-state index contributed by atoms with van der Waals surface area (Å²) in [4.78, 5) is 0. The van der Waals surface area contributed by atoms with Gasteiger partial charge >= 0.3 is 82.6 Å². The van der Waals surface area contributed by atoms with E-state index in [1.54, 1.807) is 0 Å². The van der Waals surface area contributed by atoms with Gasteiger partial charge in [-0.15, -0.1) is 0 Å². The van der Waals surface area contributed by atoms with E-state index in [0.717, 1.165) is 0 Å². The summed E-state index contributed by atoms with van der Waals surface area (Å²) < 4.78 is 0. The maximum Gasteiger partial charge on any atom is 3.00 e. The molecule has 7 heteroatoms. The van der Waals surface area contributed by atoms with Gasteiger partial charge in [-0.3, -0.25) is 0 Å². The maximum absolute atomic E-state index is 0. The zero-order chi connectivity index (χ0) is 0. The summed E-state index contributed by atoms with van der Waals surface area (Å²) in [5.41, 5.74) is 0.